The number of anilines is 1. The normalized spacial score (nSPS) is 13.1. The van der Waals surface area contributed by atoms with Crippen LogP contribution in [-0.2, 0) is 19.4 Å². The van der Waals surface area contributed by atoms with E-state index in [1.54, 1.807) is 11.3 Å². The van der Waals surface area contributed by atoms with Crippen LogP contribution in [0.5, 0.6) is 0 Å². The van der Waals surface area contributed by atoms with E-state index in [2.05, 4.69) is 10.3 Å². The second-order valence-electron chi connectivity index (χ2n) is 6.61. The molecule has 3 aromatic heterocycles. The minimum Gasteiger partial charge on any atom is -0.364 e. The zero-order chi connectivity index (χ0) is 18.2. The smallest absolute Gasteiger partial charge is 0.163 e. The molecule has 1 aliphatic carbocycles. The van der Waals surface area contributed by atoms with E-state index in [1.165, 1.54) is 22.2 Å². The molecule has 0 fully saturated rings. The van der Waals surface area contributed by atoms with Crippen molar-refractivity contribution in [2.24, 2.45) is 0 Å². The van der Waals surface area contributed by atoms with Crippen molar-refractivity contribution in [1.82, 2.24) is 15.0 Å². The van der Waals surface area contributed by atoms with Crippen LogP contribution in [0.4, 0.5) is 5.82 Å². The zero-order valence-electron chi connectivity index (χ0n) is 14.6. The number of rotatable bonds is 4. The van der Waals surface area contributed by atoms with E-state index in [1.807, 2.05) is 48.7 Å². The average molecular weight is 393 g/mol. The average Bonchev–Trinajstić information content (AvgIpc) is 3.28. The van der Waals surface area contributed by atoms with Gasteiger partial charge in [0.25, 0.3) is 0 Å². The number of aryl methyl sites for hydroxylation is 2. The Balaban J connectivity index is 1.60. The summed E-state index contributed by atoms with van der Waals surface area (Å²) in [6.45, 7) is 0.637. The molecule has 0 saturated carbocycles. The Labute approximate surface area is 166 Å². The number of pyridine rings is 1. The SMILES string of the molecule is Clc1ccc(-c2nc(NCc3ccccn3)c3c4c(sc3n2)CCC4)cc1. The molecule has 0 unspecified atom stereocenters. The number of hydrogen-bond donors (Lipinski definition) is 1. The van der Waals surface area contributed by atoms with E-state index in [4.69, 9.17) is 21.6 Å². The molecule has 0 spiro atoms. The summed E-state index contributed by atoms with van der Waals surface area (Å²) >= 11 is 7.84. The molecule has 1 aliphatic rings. The number of nitrogens with one attached hydrogen (secondary N) is 1. The molecule has 134 valence electrons. The third-order valence-electron chi connectivity index (χ3n) is 4.83. The van der Waals surface area contributed by atoms with E-state index in [0.717, 1.165) is 40.6 Å². The van der Waals surface area contributed by atoms with Crippen molar-refractivity contribution in [1.29, 1.82) is 0 Å². The number of halogens is 1. The van der Waals surface area contributed by atoms with Crippen molar-refractivity contribution in [3.63, 3.8) is 0 Å². The summed E-state index contributed by atoms with van der Waals surface area (Å²) in [4.78, 5) is 16.7. The van der Waals surface area contributed by atoms with Gasteiger partial charge < -0.3 is 5.32 Å². The zero-order valence-corrected chi connectivity index (χ0v) is 16.1. The van der Waals surface area contributed by atoms with Gasteiger partial charge in [-0.25, -0.2) is 9.97 Å². The summed E-state index contributed by atoms with van der Waals surface area (Å²) in [6.07, 6.45) is 5.29. The van der Waals surface area contributed by atoms with Crippen molar-refractivity contribution >= 4 is 39.0 Å². The van der Waals surface area contributed by atoms with Gasteiger partial charge in [-0.15, -0.1) is 11.3 Å². The highest BCUT2D eigenvalue weighted by atomic mass is 35.5. The number of benzene rings is 1. The quantitative estimate of drug-likeness (QED) is 0.497. The van der Waals surface area contributed by atoms with E-state index in [0.29, 0.717) is 11.6 Å². The summed E-state index contributed by atoms with van der Waals surface area (Å²) in [6, 6.07) is 13.6. The van der Waals surface area contributed by atoms with Gasteiger partial charge in [0, 0.05) is 21.7 Å². The van der Waals surface area contributed by atoms with Crippen LogP contribution in [0.3, 0.4) is 0 Å². The molecule has 0 aliphatic heterocycles. The van der Waals surface area contributed by atoms with Gasteiger partial charge in [-0.05, 0) is 61.2 Å². The molecule has 3 heterocycles. The number of nitrogens with zero attached hydrogens (tertiary/aromatic N) is 3. The molecule has 4 nitrogen and oxygen atoms in total. The van der Waals surface area contributed by atoms with Crippen molar-refractivity contribution in [2.45, 2.75) is 25.8 Å². The molecule has 5 rings (SSSR count). The summed E-state index contributed by atoms with van der Waals surface area (Å²) in [7, 11) is 0. The lowest BCUT2D eigenvalue weighted by Crippen LogP contribution is -2.05. The molecule has 0 amide bonds. The van der Waals surface area contributed by atoms with Crippen molar-refractivity contribution < 1.29 is 0 Å². The number of thiophene rings is 1. The molecular weight excluding hydrogens is 376 g/mol. The van der Waals surface area contributed by atoms with Crippen LogP contribution < -0.4 is 5.32 Å². The second-order valence-corrected chi connectivity index (χ2v) is 8.13. The lowest BCUT2D eigenvalue weighted by molar-refractivity contribution is 0.917. The van der Waals surface area contributed by atoms with Gasteiger partial charge in [0.05, 0.1) is 17.6 Å². The highest BCUT2D eigenvalue weighted by Gasteiger charge is 2.22. The molecular formula is C21H17ClN4S. The topological polar surface area (TPSA) is 50.7 Å². The minimum atomic E-state index is 0.637. The van der Waals surface area contributed by atoms with Crippen LogP contribution in [-0.4, -0.2) is 15.0 Å². The van der Waals surface area contributed by atoms with Crippen molar-refractivity contribution in [3.05, 3.63) is 69.8 Å². The van der Waals surface area contributed by atoms with Crippen LogP contribution in [0, 0.1) is 0 Å². The highest BCUT2D eigenvalue weighted by molar-refractivity contribution is 7.19. The van der Waals surface area contributed by atoms with Gasteiger partial charge in [-0.1, -0.05) is 17.7 Å². The van der Waals surface area contributed by atoms with Crippen LogP contribution in [0.15, 0.2) is 48.7 Å². The number of aromatic nitrogens is 3. The summed E-state index contributed by atoms with van der Waals surface area (Å²) in [5, 5.41) is 5.40. The van der Waals surface area contributed by atoms with Crippen LogP contribution >= 0.6 is 22.9 Å². The summed E-state index contributed by atoms with van der Waals surface area (Å²) in [5.74, 6) is 1.62. The Morgan fingerprint density at radius 3 is 2.74 bits per heavy atom. The first kappa shape index (κ1) is 16.7. The molecule has 4 aromatic rings. The molecule has 0 bridgehead atoms. The van der Waals surface area contributed by atoms with Gasteiger partial charge >= 0.3 is 0 Å². The fourth-order valence-electron chi connectivity index (χ4n) is 3.53. The van der Waals surface area contributed by atoms with Gasteiger partial charge in [0.1, 0.15) is 10.6 Å². The van der Waals surface area contributed by atoms with E-state index >= 15 is 0 Å². The molecule has 0 saturated heterocycles. The van der Waals surface area contributed by atoms with Crippen molar-refractivity contribution in [2.75, 3.05) is 5.32 Å². The third-order valence-corrected chi connectivity index (χ3v) is 6.27. The molecule has 0 atom stereocenters. The maximum Gasteiger partial charge on any atom is 0.163 e. The predicted molar refractivity (Wildman–Crippen MR) is 111 cm³/mol. The van der Waals surface area contributed by atoms with E-state index in [-0.39, 0.29) is 0 Å². The van der Waals surface area contributed by atoms with Gasteiger partial charge in [0.15, 0.2) is 5.82 Å². The Bertz CT molecular complexity index is 1110. The first-order chi connectivity index (χ1) is 13.3. The number of hydrogen-bond acceptors (Lipinski definition) is 5. The van der Waals surface area contributed by atoms with Crippen LogP contribution in [0.2, 0.25) is 5.02 Å². The van der Waals surface area contributed by atoms with Gasteiger partial charge in [0.2, 0.25) is 0 Å². The lowest BCUT2D eigenvalue weighted by Gasteiger charge is -2.10. The molecule has 1 aromatic carbocycles. The Kier molecular flexibility index (Phi) is 4.26. The number of fused-ring (bicyclic) bond motifs is 3. The molecule has 0 radical (unpaired) electrons. The fourth-order valence-corrected chi connectivity index (χ4v) is 4.92. The van der Waals surface area contributed by atoms with E-state index < -0.39 is 0 Å². The monoisotopic (exact) mass is 392 g/mol. The standard InChI is InChI=1S/C21H17ClN4S/c22-14-9-7-13(8-10-14)19-25-20(24-12-15-4-1-2-11-23-15)18-16-5-3-6-17(16)27-21(18)26-19/h1-2,4,7-11H,3,5-6,12H2,(H,24,25,26). The minimum absolute atomic E-state index is 0.637. The largest absolute Gasteiger partial charge is 0.364 e. The van der Waals surface area contributed by atoms with E-state index in [9.17, 15) is 0 Å². The van der Waals surface area contributed by atoms with Crippen molar-refractivity contribution in [3.8, 4) is 11.4 Å². The maximum absolute atomic E-state index is 6.04. The Hall–Kier alpha value is -2.50. The second kappa shape index (κ2) is 6.91. The molecule has 6 heteroatoms. The highest BCUT2D eigenvalue weighted by Crippen LogP contribution is 2.40. The predicted octanol–water partition coefficient (Wildman–Crippen LogP) is 5.51. The maximum atomic E-state index is 6.04. The van der Waals surface area contributed by atoms with Gasteiger partial charge in [-0.2, -0.15) is 0 Å². The first-order valence-corrected chi connectivity index (χ1v) is 10.2. The van der Waals surface area contributed by atoms with Gasteiger partial charge in [-0.3, -0.25) is 4.98 Å². The van der Waals surface area contributed by atoms with Crippen LogP contribution in [0.25, 0.3) is 21.6 Å². The first-order valence-electron chi connectivity index (χ1n) is 9.00. The Morgan fingerprint density at radius 2 is 1.93 bits per heavy atom. The third kappa shape index (κ3) is 3.17. The lowest BCUT2D eigenvalue weighted by atomic mass is 10.1. The summed E-state index contributed by atoms with van der Waals surface area (Å²) < 4.78 is 0. The summed E-state index contributed by atoms with van der Waals surface area (Å²) in [5.41, 5.74) is 3.38. The fraction of sp³-hybridized carbons (Fsp3) is 0.190. The Morgan fingerprint density at radius 1 is 1.04 bits per heavy atom. The van der Waals surface area contributed by atoms with Crippen LogP contribution in [0.1, 0.15) is 22.6 Å². The molecule has 1 N–H and O–H groups in total. The molecule has 27 heavy (non-hydrogen) atoms.